The van der Waals surface area contributed by atoms with Gasteiger partial charge in [-0.1, -0.05) is 6.07 Å². The van der Waals surface area contributed by atoms with Gasteiger partial charge in [0.2, 0.25) is 0 Å². The summed E-state index contributed by atoms with van der Waals surface area (Å²) >= 11 is 0. The molecule has 0 aromatic heterocycles. The number of anilines is 1. The average molecular weight is 262 g/mol. The van der Waals surface area contributed by atoms with Gasteiger partial charge in [0, 0.05) is 12.7 Å². The first kappa shape index (κ1) is 13.9. The molecule has 1 aromatic carbocycles. The molecule has 0 spiro atoms. The van der Waals surface area contributed by atoms with Crippen molar-refractivity contribution in [3.63, 3.8) is 0 Å². The number of fused-ring (bicyclic) bond motifs is 1. The van der Waals surface area contributed by atoms with Crippen molar-refractivity contribution >= 4 is 11.7 Å². The monoisotopic (exact) mass is 262 g/mol. The first-order valence-corrected chi connectivity index (χ1v) is 6.71. The summed E-state index contributed by atoms with van der Waals surface area (Å²) in [5.74, 6) is 0. The van der Waals surface area contributed by atoms with E-state index < -0.39 is 5.60 Å². The fourth-order valence-corrected chi connectivity index (χ4v) is 2.52. The van der Waals surface area contributed by atoms with Gasteiger partial charge in [0.25, 0.3) is 0 Å². The molecule has 1 aliphatic carbocycles. The topological polar surface area (TPSA) is 52.6 Å². The number of carbonyl (C=O) groups is 1. The molecular formula is C15H22N2O2. The van der Waals surface area contributed by atoms with Crippen LogP contribution in [0.5, 0.6) is 0 Å². The number of rotatable bonds is 3. The van der Waals surface area contributed by atoms with Gasteiger partial charge in [0.05, 0.1) is 12.1 Å². The third kappa shape index (κ3) is 3.70. The Morgan fingerprint density at radius 2 is 2.05 bits per heavy atom. The minimum absolute atomic E-state index is 0.194. The number of hydrogen-bond donors (Lipinski definition) is 2. The second-order valence-corrected chi connectivity index (χ2v) is 5.94. The molecule has 0 atom stereocenters. The molecule has 1 aromatic rings. The highest BCUT2D eigenvalue weighted by atomic mass is 16.3. The number of aryl methyl sites for hydroxylation is 2. The Balaban J connectivity index is 1.99. The van der Waals surface area contributed by atoms with Gasteiger partial charge >= 0.3 is 6.03 Å². The normalized spacial score (nSPS) is 14.1. The molecule has 0 bridgehead atoms. The van der Waals surface area contributed by atoms with E-state index >= 15 is 0 Å². The summed E-state index contributed by atoms with van der Waals surface area (Å²) < 4.78 is 0. The molecule has 19 heavy (non-hydrogen) atoms. The fourth-order valence-electron chi connectivity index (χ4n) is 2.52. The standard InChI is InChI=1S/C15H22N2O2/c1-15(2,19)10-17(3)14(18)16-13-8-7-11-5-4-6-12(11)9-13/h7-9,19H,4-6,10H2,1-3H3,(H,16,18). The lowest BCUT2D eigenvalue weighted by Gasteiger charge is -2.25. The Labute approximate surface area is 114 Å². The number of hydrogen-bond acceptors (Lipinski definition) is 2. The minimum Gasteiger partial charge on any atom is -0.389 e. The SMILES string of the molecule is CN(CC(C)(C)O)C(=O)Nc1ccc2c(c1)CCC2. The third-order valence-corrected chi connectivity index (χ3v) is 3.32. The van der Waals surface area contributed by atoms with Crippen LogP contribution >= 0.6 is 0 Å². The Morgan fingerprint density at radius 3 is 2.74 bits per heavy atom. The molecule has 2 amide bonds. The zero-order valence-electron chi connectivity index (χ0n) is 11.9. The Kier molecular flexibility index (Phi) is 3.80. The third-order valence-electron chi connectivity index (χ3n) is 3.32. The predicted octanol–water partition coefficient (Wildman–Crippen LogP) is 2.41. The van der Waals surface area contributed by atoms with Crippen LogP contribution in [0.2, 0.25) is 0 Å². The fraction of sp³-hybridized carbons (Fsp3) is 0.533. The van der Waals surface area contributed by atoms with Crippen LogP contribution in [0.15, 0.2) is 18.2 Å². The second kappa shape index (κ2) is 5.21. The molecule has 4 heteroatoms. The Hall–Kier alpha value is -1.55. The van der Waals surface area contributed by atoms with Crippen molar-refractivity contribution in [2.45, 2.75) is 38.7 Å². The maximum atomic E-state index is 12.0. The second-order valence-electron chi connectivity index (χ2n) is 5.94. The van der Waals surface area contributed by atoms with E-state index in [1.807, 2.05) is 6.07 Å². The summed E-state index contributed by atoms with van der Waals surface area (Å²) in [6, 6.07) is 5.89. The first-order valence-electron chi connectivity index (χ1n) is 6.71. The average Bonchev–Trinajstić information content (AvgIpc) is 2.73. The van der Waals surface area contributed by atoms with Gasteiger partial charge in [-0.15, -0.1) is 0 Å². The Bertz CT molecular complexity index is 478. The van der Waals surface area contributed by atoms with E-state index in [2.05, 4.69) is 17.4 Å². The molecule has 0 saturated heterocycles. The van der Waals surface area contributed by atoms with Crippen LogP contribution in [0.1, 0.15) is 31.4 Å². The molecule has 2 N–H and O–H groups in total. The Morgan fingerprint density at radius 1 is 1.37 bits per heavy atom. The molecule has 0 fully saturated rings. The smallest absolute Gasteiger partial charge is 0.321 e. The molecule has 4 nitrogen and oxygen atoms in total. The van der Waals surface area contributed by atoms with Crippen LogP contribution in [0.25, 0.3) is 0 Å². The van der Waals surface area contributed by atoms with Crippen molar-refractivity contribution < 1.29 is 9.90 Å². The summed E-state index contributed by atoms with van der Waals surface area (Å²) in [6.07, 6.45) is 3.44. The van der Waals surface area contributed by atoms with E-state index in [0.717, 1.165) is 18.5 Å². The lowest BCUT2D eigenvalue weighted by Crippen LogP contribution is -2.41. The number of carbonyl (C=O) groups excluding carboxylic acids is 1. The molecule has 0 unspecified atom stereocenters. The van der Waals surface area contributed by atoms with E-state index in [0.29, 0.717) is 6.54 Å². The molecule has 0 heterocycles. The molecular weight excluding hydrogens is 240 g/mol. The number of amides is 2. The molecule has 2 rings (SSSR count). The molecule has 104 valence electrons. The highest BCUT2D eigenvalue weighted by Gasteiger charge is 2.19. The minimum atomic E-state index is -0.885. The summed E-state index contributed by atoms with van der Waals surface area (Å²) in [5, 5.41) is 12.6. The maximum absolute atomic E-state index is 12.0. The van der Waals surface area contributed by atoms with Crippen molar-refractivity contribution in [2.75, 3.05) is 18.9 Å². The van der Waals surface area contributed by atoms with Crippen molar-refractivity contribution in [1.29, 1.82) is 0 Å². The summed E-state index contributed by atoms with van der Waals surface area (Å²) in [4.78, 5) is 13.5. The van der Waals surface area contributed by atoms with Crippen molar-refractivity contribution in [3.8, 4) is 0 Å². The first-order chi connectivity index (χ1) is 8.85. The molecule has 0 aliphatic heterocycles. The lowest BCUT2D eigenvalue weighted by molar-refractivity contribution is 0.0550. The quantitative estimate of drug-likeness (QED) is 0.879. The van der Waals surface area contributed by atoms with Crippen LogP contribution in [0.3, 0.4) is 0 Å². The van der Waals surface area contributed by atoms with E-state index in [-0.39, 0.29) is 6.03 Å². The number of likely N-dealkylation sites (N-methyl/N-ethyl adjacent to an activating group) is 1. The number of nitrogens with zero attached hydrogens (tertiary/aromatic N) is 1. The van der Waals surface area contributed by atoms with Gasteiger partial charge in [-0.05, 0) is 56.4 Å². The van der Waals surface area contributed by atoms with Crippen LogP contribution in [-0.4, -0.2) is 35.2 Å². The zero-order valence-corrected chi connectivity index (χ0v) is 11.9. The number of aliphatic hydroxyl groups is 1. The van der Waals surface area contributed by atoms with Crippen LogP contribution < -0.4 is 5.32 Å². The van der Waals surface area contributed by atoms with E-state index in [1.54, 1.807) is 20.9 Å². The summed E-state index contributed by atoms with van der Waals surface area (Å²) in [7, 11) is 1.68. The maximum Gasteiger partial charge on any atom is 0.321 e. The van der Waals surface area contributed by atoms with Gasteiger partial charge in [0.15, 0.2) is 0 Å². The largest absolute Gasteiger partial charge is 0.389 e. The van der Waals surface area contributed by atoms with Gasteiger partial charge in [0.1, 0.15) is 0 Å². The van der Waals surface area contributed by atoms with E-state index in [9.17, 15) is 9.90 Å². The lowest BCUT2D eigenvalue weighted by atomic mass is 10.1. The highest BCUT2D eigenvalue weighted by Crippen LogP contribution is 2.25. The number of urea groups is 1. The van der Waals surface area contributed by atoms with Crippen LogP contribution in [0, 0.1) is 0 Å². The molecule has 1 aliphatic rings. The molecule has 0 saturated carbocycles. The van der Waals surface area contributed by atoms with E-state index in [1.165, 1.54) is 22.4 Å². The van der Waals surface area contributed by atoms with Crippen molar-refractivity contribution in [2.24, 2.45) is 0 Å². The van der Waals surface area contributed by atoms with Crippen molar-refractivity contribution in [1.82, 2.24) is 4.90 Å². The number of benzene rings is 1. The zero-order chi connectivity index (χ0) is 14.0. The van der Waals surface area contributed by atoms with Crippen LogP contribution in [-0.2, 0) is 12.8 Å². The van der Waals surface area contributed by atoms with Gasteiger partial charge in [-0.3, -0.25) is 0 Å². The van der Waals surface area contributed by atoms with E-state index in [4.69, 9.17) is 0 Å². The predicted molar refractivity (Wildman–Crippen MR) is 76.4 cm³/mol. The number of nitrogens with one attached hydrogen (secondary N) is 1. The van der Waals surface area contributed by atoms with Crippen LogP contribution in [0.4, 0.5) is 10.5 Å². The summed E-state index contributed by atoms with van der Waals surface area (Å²) in [5.41, 5.74) is 2.67. The van der Waals surface area contributed by atoms with Gasteiger partial charge in [-0.25, -0.2) is 4.79 Å². The van der Waals surface area contributed by atoms with Gasteiger partial charge < -0.3 is 15.3 Å². The highest BCUT2D eigenvalue weighted by molar-refractivity contribution is 5.89. The van der Waals surface area contributed by atoms with Crippen molar-refractivity contribution in [3.05, 3.63) is 29.3 Å². The van der Waals surface area contributed by atoms with Gasteiger partial charge in [-0.2, -0.15) is 0 Å². The molecule has 0 radical (unpaired) electrons. The summed E-state index contributed by atoms with van der Waals surface area (Å²) in [6.45, 7) is 3.67.